The molecule has 1 aliphatic heterocycles. The number of hydrogen-bond acceptors (Lipinski definition) is 4. The van der Waals surface area contributed by atoms with Gasteiger partial charge in [0.2, 0.25) is 5.88 Å². The van der Waals surface area contributed by atoms with Crippen molar-refractivity contribution < 1.29 is 4.74 Å². The van der Waals surface area contributed by atoms with Crippen molar-refractivity contribution in [2.75, 3.05) is 18.0 Å². The molecule has 2 aromatic rings. The van der Waals surface area contributed by atoms with Crippen molar-refractivity contribution in [1.82, 2.24) is 9.97 Å². The molecule has 22 heavy (non-hydrogen) atoms. The van der Waals surface area contributed by atoms with Crippen LogP contribution in [0.4, 0.5) is 5.82 Å². The SMILES string of the molecule is CC(C)Oc1cncc(N2CCC(Cc3ccccc3)C2)n1. The van der Waals surface area contributed by atoms with E-state index in [2.05, 4.69) is 45.2 Å². The Morgan fingerprint density at radius 2 is 2.05 bits per heavy atom. The van der Waals surface area contributed by atoms with E-state index in [9.17, 15) is 0 Å². The van der Waals surface area contributed by atoms with Gasteiger partial charge in [-0.2, -0.15) is 4.98 Å². The standard InChI is InChI=1S/C18H23N3O/c1-14(2)22-18-12-19-11-17(20-18)21-9-8-16(13-21)10-15-6-4-3-5-7-15/h3-7,11-12,14,16H,8-10,13H2,1-2H3. The lowest BCUT2D eigenvalue weighted by molar-refractivity contribution is 0.231. The second-order valence-corrected chi connectivity index (χ2v) is 6.17. The first-order valence-electron chi connectivity index (χ1n) is 7.98. The average molecular weight is 297 g/mol. The minimum absolute atomic E-state index is 0.119. The molecular formula is C18H23N3O. The Morgan fingerprint density at radius 3 is 2.82 bits per heavy atom. The molecule has 1 fully saturated rings. The van der Waals surface area contributed by atoms with Gasteiger partial charge in [-0.1, -0.05) is 30.3 Å². The molecule has 1 aromatic carbocycles. The highest BCUT2D eigenvalue weighted by molar-refractivity contribution is 5.39. The van der Waals surface area contributed by atoms with E-state index in [1.807, 2.05) is 20.0 Å². The van der Waals surface area contributed by atoms with Crippen molar-refractivity contribution in [3.05, 3.63) is 48.3 Å². The number of rotatable bonds is 5. The molecule has 0 bridgehead atoms. The summed E-state index contributed by atoms with van der Waals surface area (Å²) in [5, 5.41) is 0. The van der Waals surface area contributed by atoms with Gasteiger partial charge in [0, 0.05) is 13.1 Å². The minimum Gasteiger partial charge on any atom is -0.474 e. The largest absolute Gasteiger partial charge is 0.474 e. The first-order valence-corrected chi connectivity index (χ1v) is 7.98. The predicted octanol–water partition coefficient (Wildman–Crippen LogP) is 3.33. The van der Waals surface area contributed by atoms with Gasteiger partial charge in [0.15, 0.2) is 5.82 Å². The molecule has 0 N–H and O–H groups in total. The van der Waals surface area contributed by atoms with Crippen molar-refractivity contribution in [2.45, 2.75) is 32.8 Å². The normalized spacial score (nSPS) is 18.0. The molecule has 1 saturated heterocycles. The van der Waals surface area contributed by atoms with Crippen molar-refractivity contribution in [1.29, 1.82) is 0 Å². The van der Waals surface area contributed by atoms with Crippen LogP contribution in [0, 0.1) is 5.92 Å². The molecule has 116 valence electrons. The lowest BCUT2D eigenvalue weighted by Crippen LogP contribution is -2.22. The second-order valence-electron chi connectivity index (χ2n) is 6.17. The molecule has 4 heteroatoms. The summed E-state index contributed by atoms with van der Waals surface area (Å²) in [6.45, 7) is 6.08. The van der Waals surface area contributed by atoms with Crippen molar-refractivity contribution >= 4 is 5.82 Å². The monoisotopic (exact) mass is 297 g/mol. The Hall–Kier alpha value is -2.10. The van der Waals surface area contributed by atoms with E-state index in [4.69, 9.17) is 4.74 Å². The van der Waals surface area contributed by atoms with E-state index >= 15 is 0 Å². The van der Waals surface area contributed by atoms with Crippen LogP contribution >= 0.6 is 0 Å². The third-order valence-electron chi connectivity index (χ3n) is 3.93. The summed E-state index contributed by atoms with van der Waals surface area (Å²) in [6.07, 6.45) is 5.96. The maximum atomic E-state index is 5.64. The van der Waals surface area contributed by atoms with Gasteiger partial charge >= 0.3 is 0 Å². The van der Waals surface area contributed by atoms with Crippen LogP contribution in [0.25, 0.3) is 0 Å². The first-order chi connectivity index (χ1) is 10.7. The summed E-state index contributed by atoms with van der Waals surface area (Å²) >= 11 is 0. The number of ether oxygens (including phenoxy) is 1. The molecule has 3 rings (SSSR count). The van der Waals surface area contributed by atoms with E-state index in [1.165, 1.54) is 12.0 Å². The zero-order valence-corrected chi connectivity index (χ0v) is 13.3. The van der Waals surface area contributed by atoms with Crippen LogP contribution in [0.15, 0.2) is 42.7 Å². The Kier molecular flexibility index (Phi) is 4.56. The highest BCUT2D eigenvalue weighted by Gasteiger charge is 2.24. The molecule has 1 aromatic heterocycles. The zero-order valence-electron chi connectivity index (χ0n) is 13.3. The molecule has 0 radical (unpaired) electrons. The van der Waals surface area contributed by atoms with Crippen LogP contribution < -0.4 is 9.64 Å². The van der Waals surface area contributed by atoms with Gasteiger partial charge in [-0.3, -0.25) is 4.98 Å². The summed E-state index contributed by atoms with van der Waals surface area (Å²) in [5.74, 6) is 2.21. The van der Waals surface area contributed by atoms with Crippen molar-refractivity contribution in [3.8, 4) is 5.88 Å². The quantitative estimate of drug-likeness (QED) is 0.848. The van der Waals surface area contributed by atoms with Crippen LogP contribution in [-0.2, 0) is 6.42 Å². The Balaban J connectivity index is 1.62. The van der Waals surface area contributed by atoms with Crippen LogP contribution in [0.1, 0.15) is 25.8 Å². The zero-order chi connectivity index (χ0) is 15.4. The summed E-state index contributed by atoms with van der Waals surface area (Å²) in [7, 11) is 0. The predicted molar refractivity (Wildman–Crippen MR) is 88.3 cm³/mol. The summed E-state index contributed by atoms with van der Waals surface area (Å²) in [4.78, 5) is 11.2. The molecule has 0 saturated carbocycles. The fraction of sp³-hybridized carbons (Fsp3) is 0.444. The van der Waals surface area contributed by atoms with Gasteiger partial charge in [0.05, 0.1) is 18.5 Å². The first kappa shape index (κ1) is 14.8. The summed E-state index contributed by atoms with van der Waals surface area (Å²) in [5.41, 5.74) is 1.41. The molecule has 4 nitrogen and oxygen atoms in total. The number of anilines is 1. The molecule has 0 spiro atoms. The third kappa shape index (κ3) is 3.75. The number of benzene rings is 1. The van der Waals surface area contributed by atoms with E-state index in [0.717, 1.165) is 25.3 Å². The smallest absolute Gasteiger partial charge is 0.234 e. The van der Waals surface area contributed by atoms with Gasteiger partial charge in [0.25, 0.3) is 0 Å². The fourth-order valence-corrected chi connectivity index (χ4v) is 2.94. The van der Waals surface area contributed by atoms with E-state index in [-0.39, 0.29) is 6.10 Å². The number of hydrogen-bond donors (Lipinski definition) is 0. The van der Waals surface area contributed by atoms with Gasteiger partial charge in [0.1, 0.15) is 0 Å². The number of nitrogens with zero attached hydrogens (tertiary/aromatic N) is 3. The van der Waals surface area contributed by atoms with E-state index < -0.39 is 0 Å². The summed E-state index contributed by atoms with van der Waals surface area (Å²) in [6, 6.07) is 10.7. The molecule has 1 unspecified atom stereocenters. The van der Waals surface area contributed by atoms with Crippen molar-refractivity contribution in [2.24, 2.45) is 5.92 Å². The second kappa shape index (κ2) is 6.77. The molecule has 1 atom stereocenters. The van der Waals surface area contributed by atoms with Gasteiger partial charge in [-0.15, -0.1) is 0 Å². The fourth-order valence-electron chi connectivity index (χ4n) is 2.94. The molecular weight excluding hydrogens is 274 g/mol. The third-order valence-corrected chi connectivity index (χ3v) is 3.93. The van der Waals surface area contributed by atoms with Gasteiger partial charge in [-0.25, -0.2) is 0 Å². The lowest BCUT2D eigenvalue weighted by Gasteiger charge is -2.18. The maximum Gasteiger partial charge on any atom is 0.234 e. The van der Waals surface area contributed by atoms with Crippen LogP contribution in [-0.4, -0.2) is 29.2 Å². The Bertz CT molecular complexity index is 600. The van der Waals surface area contributed by atoms with E-state index in [1.54, 1.807) is 6.20 Å². The van der Waals surface area contributed by atoms with Crippen LogP contribution in [0.3, 0.4) is 0 Å². The Labute approximate surface area is 132 Å². The number of aromatic nitrogens is 2. The lowest BCUT2D eigenvalue weighted by atomic mass is 9.99. The van der Waals surface area contributed by atoms with Crippen LogP contribution in [0.5, 0.6) is 5.88 Å². The maximum absolute atomic E-state index is 5.64. The van der Waals surface area contributed by atoms with Crippen molar-refractivity contribution in [3.63, 3.8) is 0 Å². The minimum atomic E-state index is 0.119. The molecule has 0 amide bonds. The summed E-state index contributed by atoms with van der Waals surface area (Å²) < 4.78 is 5.64. The van der Waals surface area contributed by atoms with E-state index in [0.29, 0.717) is 11.8 Å². The van der Waals surface area contributed by atoms with Crippen LogP contribution in [0.2, 0.25) is 0 Å². The highest BCUT2D eigenvalue weighted by Crippen LogP contribution is 2.25. The molecule has 1 aliphatic rings. The molecule has 2 heterocycles. The topological polar surface area (TPSA) is 38.2 Å². The Morgan fingerprint density at radius 1 is 1.23 bits per heavy atom. The molecule has 0 aliphatic carbocycles. The van der Waals surface area contributed by atoms with Gasteiger partial charge in [-0.05, 0) is 38.2 Å². The average Bonchev–Trinajstić information content (AvgIpc) is 2.96. The van der Waals surface area contributed by atoms with Gasteiger partial charge < -0.3 is 9.64 Å². The highest BCUT2D eigenvalue weighted by atomic mass is 16.5.